The molecule has 0 heterocycles. The third kappa shape index (κ3) is 2.40. The van der Waals surface area contributed by atoms with E-state index in [1.54, 1.807) is 24.3 Å². The summed E-state index contributed by atoms with van der Waals surface area (Å²) in [5, 5.41) is 8.70. The summed E-state index contributed by atoms with van der Waals surface area (Å²) in [5.74, 6) is -3.45. The predicted octanol–water partition coefficient (Wildman–Crippen LogP) is 3.34. The normalized spacial score (nSPS) is 10.3. The van der Waals surface area contributed by atoms with E-state index in [9.17, 15) is 13.6 Å². The molecule has 0 bridgehead atoms. The Morgan fingerprint density at radius 3 is 2.21 bits per heavy atom. The summed E-state index contributed by atoms with van der Waals surface area (Å²) in [7, 11) is 1.50. The second-order valence-corrected chi connectivity index (χ2v) is 3.82. The van der Waals surface area contributed by atoms with Crippen LogP contribution in [0.2, 0.25) is 0 Å². The average Bonchev–Trinajstić information content (AvgIpc) is 2.41. The van der Waals surface area contributed by atoms with Gasteiger partial charge in [0, 0.05) is 5.56 Å². The van der Waals surface area contributed by atoms with Crippen LogP contribution in [0.3, 0.4) is 0 Å². The highest BCUT2D eigenvalue weighted by molar-refractivity contribution is 5.88. The van der Waals surface area contributed by atoms with Crippen molar-refractivity contribution in [2.24, 2.45) is 0 Å². The Hall–Kier alpha value is -2.43. The van der Waals surface area contributed by atoms with E-state index in [-0.39, 0.29) is 5.56 Å². The van der Waals surface area contributed by atoms with Gasteiger partial charge in [0.2, 0.25) is 0 Å². The van der Waals surface area contributed by atoms with Gasteiger partial charge in [-0.3, -0.25) is 0 Å². The fourth-order valence-corrected chi connectivity index (χ4v) is 1.71. The van der Waals surface area contributed by atoms with Crippen molar-refractivity contribution in [3.63, 3.8) is 0 Å². The van der Waals surface area contributed by atoms with Gasteiger partial charge in [-0.05, 0) is 23.8 Å². The lowest BCUT2D eigenvalue weighted by molar-refractivity contribution is 0.0690. The Morgan fingerprint density at radius 2 is 1.68 bits per heavy atom. The quantitative estimate of drug-likeness (QED) is 0.924. The molecule has 19 heavy (non-hydrogen) atoms. The van der Waals surface area contributed by atoms with Crippen LogP contribution < -0.4 is 4.74 Å². The molecule has 0 saturated heterocycles. The fraction of sp³-hybridized carbons (Fsp3) is 0.0714. The second-order valence-electron chi connectivity index (χ2n) is 3.82. The lowest BCUT2D eigenvalue weighted by Crippen LogP contribution is -2.03. The summed E-state index contributed by atoms with van der Waals surface area (Å²) in [6, 6.07) is 8.63. The molecule has 2 rings (SSSR count). The van der Waals surface area contributed by atoms with Gasteiger partial charge in [0.05, 0.1) is 12.7 Å². The standard InChI is InChI=1S/C14H10F2O3/c1-19-9-4-2-8(3-5-9)10-6-7-11(14(17)18)13(16)12(10)15/h2-7H,1H3,(H,17,18). The van der Waals surface area contributed by atoms with Crippen LogP contribution in [0.1, 0.15) is 10.4 Å². The van der Waals surface area contributed by atoms with Crippen molar-refractivity contribution in [3.8, 4) is 16.9 Å². The number of carboxylic acid groups (broad SMARTS) is 1. The van der Waals surface area contributed by atoms with E-state index in [0.717, 1.165) is 6.07 Å². The molecule has 0 aliphatic carbocycles. The van der Waals surface area contributed by atoms with E-state index in [1.807, 2.05) is 0 Å². The highest BCUT2D eigenvalue weighted by Crippen LogP contribution is 2.27. The van der Waals surface area contributed by atoms with Gasteiger partial charge < -0.3 is 9.84 Å². The minimum Gasteiger partial charge on any atom is -0.497 e. The second kappa shape index (κ2) is 5.06. The van der Waals surface area contributed by atoms with Crippen molar-refractivity contribution in [1.29, 1.82) is 0 Å². The van der Waals surface area contributed by atoms with Crippen molar-refractivity contribution >= 4 is 5.97 Å². The van der Waals surface area contributed by atoms with Crippen molar-refractivity contribution in [3.05, 3.63) is 53.6 Å². The van der Waals surface area contributed by atoms with Gasteiger partial charge in [0.1, 0.15) is 5.75 Å². The van der Waals surface area contributed by atoms with Crippen LogP contribution in [0.25, 0.3) is 11.1 Å². The molecule has 2 aromatic carbocycles. The van der Waals surface area contributed by atoms with Gasteiger partial charge in [0.25, 0.3) is 0 Å². The highest BCUT2D eigenvalue weighted by Gasteiger charge is 2.18. The van der Waals surface area contributed by atoms with E-state index in [2.05, 4.69) is 0 Å². The van der Waals surface area contributed by atoms with E-state index >= 15 is 0 Å². The molecule has 2 aromatic rings. The first-order chi connectivity index (χ1) is 9.04. The monoisotopic (exact) mass is 264 g/mol. The summed E-state index contributed by atoms with van der Waals surface area (Å²) >= 11 is 0. The summed E-state index contributed by atoms with van der Waals surface area (Å²) in [6.45, 7) is 0. The summed E-state index contributed by atoms with van der Waals surface area (Å²) in [6.07, 6.45) is 0. The van der Waals surface area contributed by atoms with Gasteiger partial charge in [-0.15, -0.1) is 0 Å². The Labute approximate surface area is 108 Å². The largest absolute Gasteiger partial charge is 0.497 e. The molecular formula is C14H10F2O3. The smallest absolute Gasteiger partial charge is 0.338 e. The number of methoxy groups -OCH3 is 1. The number of rotatable bonds is 3. The maximum absolute atomic E-state index is 13.8. The summed E-state index contributed by atoms with van der Waals surface area (Å²) in [4.78, 5) is 10.7. The predicted molar refractivity (Wildman–Crippen MR) is 65.3 cm³/mol. The third-order valence-corrected chi connectivity index (χ3v) is 2.71. The molecule has 3 nitrogen and oxygen atoms in total. The van der Waals surface area contributed by atoms with E-state index < -0.39 is 23.2 Å². The number of carbonyl (C=O) groups is 1. The van der Waals surface area contributed by atoms with Crippen LogP contribution in [-0.4, -0.2) is 18.2 Å². The molecular weight excluding hydrogens is 254 g/mol. The Bertz CT molecular complexity index is 621. The molecule has 0 fully saturated rings. The van der Waals surface area contributed by atoms with E-state index in [0.29, 0.717) is 11.3 Å². The first-order valence-electron chi connectivity index (χ1n) is 5.40. The molecule has 0 atom stereocenters. The van der Waals surface area contributed by atoms with E-state index in [4.69, 9.17) is 9.84 Å². The molecule has 1 N–H and O–H groups in total. The van der Waals surface area contributed by atoms with Crippen molar-refractivity contribution < 1.29 is 23.4 Å². The maximum atomic E-state index is 13.8. The maximum Gasteiger partial charge on any atom is 0.338 e. The van der Waals surface area contributed by atoms with E-state index in [1.165, 1.54) is 13.2 Å². The van der Waals surface area contributed by atoms with Crippen LogP contribution in [0.15, 0.2) is 36.4 Å². The molecule has 0 amide bonds. The number of carboxylic acids is 1. The molecule has 0 radical (unpaired) electrons. The van der Waals surface area contributed by atoms with Crippen LogP contribution in [0.4, 0.5) is 8.78 Å². The number of hydrogen-bond donors (Lipinski definition) is 1. The van der Waals surface area contributed by atoms with Gasteiger partial charge in [0.15, 0.2) is 11.6 Å². The van der Waals surface area contributed by atoms with Gasteiger partial charge in [-0.2, -0.15) is 0 Å². The van der Waals surface area contributed by atoms with Crippen LogP contribution in [0, 0.1) is 11.6 Å². The first kappa shape index (κ1) is 13.0. The number of benzene rings is 2. The molecule has 0 unspecified atom stereocenters. The topological polar surface area (TPSA) is 46.5 Å². The highest BCUT2D eigenvalue weighted by atomic mass is 19.2. The number of hydrogen-bond acceptors (Lipinski definition) is 2. The molecule has 5 heteroatoms. The van der Waals surface area contributed by atoms with Gasteiger partial charge in [-0.25, -0.2) is 13.6 Å². The number of ether oxygens (including phenoxy) is 1. The zero-order valence-electron chi connectivity index (χ0n) is 9.98. The van der Waals surface area contributed by atoms with Gasteiger partial charge >= 0.3 is 5.97 Å². The minimum absolute atomic E-state index is 0.00477. The lowest BCUT2D eigenvalue weighted by Gasteiger charge is -2.07. The van der Waals surface area contributed by atoms with Crippen molar-refractivity contribution in [2.75, 3.05) is 7.11 Å². The first-order valence-corrected chi connectivity index (χ1v) is 5.40. The van der Waals surface area contributed by atoms with Gasteiger partial charge in [-0.1, -0.05) is 18.2 Å². The molecule has 0 saturated carbocycles. The van der Waals surface area contributed by atoms with Crippen molar-refractivity contribution in [2.45, 2.75) is 0 Å². The fourth-order valence-electron chi connectivity index (χ4n) is 1.71. The van der Waals surface area contributed by atoms with Crippen molar-refractivity contribution in [1.82, 2.24) is 0 Å². The number of aromatic carboxylic acids is 1. The zero-order valence-corrected chi connectivity index (χ0v) is 9.98. The Balaban J connectivity index is 2.50. The summed E-state index contributed by atoms with van der Waals surface area (Å²) in [5.41, 5.74) is -0.242. The SMILES string of the molecule is COc1ccc(-c2ccc(C(=O)O)c(F)c2F)cc1. The molecule has 0 spiro atoms. The van der Waals surface area contributed by atoms with Crippen LogP contribution in [-0.2, 0) is 0 Å². The number of halogens is 2. The third-order valence-electron chi connectivity index (χ3n) is 2.71. The zero-order chi connectivity index (χ0) is 14.0. The molecule has 98 valence electrons. The van der Waals surface area contributed by atoms with Crippen LogP contribution >= 0.6 is 0 Å². The Morgan fingerprint density at radius 1 is 1.05 bits per heavy atom. The van der Waals surface area contributed by atoms with Crippen LogP contribution in [0.5, 0.6) is 5.75 Å². The Kier molecular flexibility index (Phi) is 3.46. The average molecular weight is 264 g/mol. The minimum atomic E-state index is -1.50. The molecule has 0 aliphatic rings. The molecule has 0 aromatic heterocycles. The molecule has 0 aliphatic heterocycles. The summed E-state index contributed by atoms with van der Waals surface area (Å²) < 4.78 is 32.3. The lowest BCUT2D eigenvalue weighted by atomic mass is 10.0.